The van der Waals surface area contributed by atoms with Crippen LogP contribution in [0.15, 0.2) is 25.3 Å². The van der Waals surface area contributed by atoms with Crippen LogP contribution < -0.4 is 0 Å². The molecule has 0 heterocycles. The highest BCUT2D eigenvalue weighted by Crippen LogP contribution is 1.93. The van der Waals surface area contributed by atoms with E-state index in [4.69, 9.17) is 14.9 Å². The lowest BCUT2D eigenvalue weighted by atomic mass is 10.4. The summed E-state index contributed by atoms with van der Waals surface area (Å²) in [6, 6.07) is 0. The third-order valence-corrected chi connectivity index (χ3v) is 0.644. The Morgan fingerprint density at radius 1 is 0.882 bits per heavy atom. The average Bonchev–Trinajstić information content (AvgIpc) is 2.18. The topological polar surface area (TPSA) is 49.7 Å². The van der Waals surface area contributed by atoms with Gasteiger partial charge in [-0.25, -0.2) is 0 Å². The molecule has 0 spiro atoms. The number of hydrogen-bond acceptors (Lipinski definition) is 3. The fourth-order valence-electron chi connectivity index (χ4n) is 0.544. The second-order valence-electron chi connectivity index (χ2n) is 3.50. The van der Waals surface area contributed by atoms with E-state index >= 15 is 0 Å². The Hall–Kier alpha value is -0.640. The van der Waals surface area contributed by atoms with Crippen LogP contribution in [0, 0.1) is 0 Å². The number of rotatable bonds is 3. The molecule has 0 radical (unpaired) electrons. The number of aliphatic hydroxyl groups is 2. The van der Waals surface area contributed by atoms with Crippen LogP contribution in [0.25, 0.3) is 0 Å². The van der Waals surface area contributed by atoms with Crippen molar-refractivity contribution in [2.75, 3.05) is 13.2 Å². The minimum absolute atomic E-state index is 0.125. The maximum atomic E-state index is 7.62. The third kappa shape index (κ3) is 144. The minimum atomic E-state index is -0.125. The van der Waals surface area contributed by atoms with E-state index in [0.717, 1.165) is 0 Å². The van der Waals surface area contributed by atoms with Gasteiger partial charge in [-0.15, -0.1) is 13.2 Å². The maximum Gasteiger partial charge on any atom is 0.0662 e. The molecule has 0 rings (SSSR count). The molecule has 0 aliphatic carbocycles. The van der Waals surface area contributed by atoms with E-state index in [1.165, 1.54) is 0 Å². The van der Waals surface area contributed by atoms with Gasteiger partial charge in [-0.05, 0) is 41.5 Å². The highest BCUT2D eigenvalue weighted by Gasteiger charge is 1.94. The van der Waals surface area contributed by atoms with Gasteiger partial charge in [0.1, 0.15) is 0 Å². The van der Waals surface area contributed by atoms with E-state index < -0.39 is 0 Å². The fraction of sp³-hybridized carbons (Fsp3) is 0.714. The monoisotopic (exact) mass is 248 g/mol. The van der Waals surface area contributed by atoms with Gasteiger partial charge < -0.3 is 14.9 Å². The average molecular weight is 248 g/mol. The predicted octanol–water partition coefficient (Wildman–Crippen LogP) is 3.18. The number of ether oxygens (including phenoxy) is 1. The van der Waals surface area contributed by atoms with E-state index in [2.05, 4.69) is 13.2 Å². The van der Waals surface area contributed by atoms with E-state index in [1.54, 1.807) is 12.2 Å². The summed E-state index contributed by atoms with van der Waals surface area (Å²) in [6.07, 6.45) is 4.25. The van der Waals surface area contributed by atoms with Gasteiger partial charge in [0.15, 0.2) is 0 Å². The predicted molar refractivity (Wildman–Crippen MR) is 77.3 cm³/mol. The SMILES string of the molecule is C=CC.C=CC.CC(C)OC(C)C.OCCO. The van der Waals surface area contributed by atoms with Gasteiger partial charge in [0.2, 0.25) is 0 Å². The molecule has 0 unspecified atom stereocenters. The summed E-state index contributed by atoms with van der Waals surface area (Å²) >= 11 is 0. The summed E-state index contributed by atoms with van der Waals surface area (Å²) in [6.45, 7) is 18.4. The van der Waals surface area contributed by atoms with Crippen LogP contribution in [0.5, 0.6) is 0 Å². The van der Waals surface area contributed by atoms with Crippen LogP contribution in [0.3, 0.4) is 0 Å². The molecule has 0 aliphatic heterocycles. The summed E-state index contributed by atoms with van der Waals surface area (Å²) in [5.74, 6) is 0. The Morgan fingerprint density at radius 3 is 1.06 bits per heavy atom. The lowest BCUT2D eigenvalue weighted by Crippen LogP contribution is -2.09. The van der Waals surface area contributed by atoms with Gasteiger partial charge in [-0.3, -0.25) is 0 Å². The van der Waals surface area contributed by atoms with Gasteiger partial charge in [0.05, 0.1) is 25.4 Å². The van der Waals surface area contributed by atoms with Crippen LogP contribution in [-0.2, 0) is 4.74 Å². The van der Waals surface area contributed by atoms with Gasteiger partial charge >= 0.3 is 0 Å². The molecule has 0 aromatic carbocycles. The molecule has 2 N–H and O–H groups in total. The van der Waals surface area contributed by atoms with Crippen LogP contribution in [0.2, 0.25) is 0 Å². The maximum absolute atomic E-state index is 7.62. The lowest BCUT2D eigenvalue weighted by molar-refractivity contribution is 0.0300. The quantitative estimate of drug-likeness (QED) is 0.754. The smallest absolute Gasteiger partial charge is 0.0662 e. The molecule has 3 nitrogen and oxygen atoms in total. The number of allylic oxidation sites excluding steroid dienone is 2. The Balaban J connectivity index is -0.0000000726. The van der Waals surface area contributed by atoms with Gasteiger partial charge in [0.25, 0.3) is 0 Å². The Bertz CT molecular complexity index is 107. The second kappa shape index (κ2) is 29.5. The molecule has 106 valence electrons. The Kier molecular flexibility index (Phi) is 43.9. The van der Waals surface area contributed by atoms with Crippen molar-refractivity contribution in [1.29, 1.82) is 0 Å². The fourth-order valence-corrected chi connectivity index (χ4v) is 0.544. The van der Waals surface area contributed by atoms with Gasteiger partial charge in [0, 0.05) is 0 Å². The van der Waals surface area contributed by atoms with E-state index in [9.17, 15) is 0 Å². The first-order valence-electron chi connectivity index (χ1n) is 5.88. The van der Waals surface area contributed by atoms with Crippen LogP contribution in [-0.4, -0.2) is 35.6 Å². The van der Waals surface area contributed by atoms with Gasteiger partial charge in [-0.2, -0.15) is 0 Å². The van der Waals surface area contributed by atoms with E-state index in [0.29, 0.717) is 12.2 Å². The Morgan fingerprint density at radius 2 is 1.06 bits per heavy atom. The van der Waals surface area contributed by atoms with Crippen molar-refractivity contribution in [2.45, 2.75) is 53.8 Å². The molecule has 0 aromatic rings. The molecule has 3 heteroatoms. The van der Waals surface area contributed by atoms with Crippen LogP contribution >= 0.6 is 0 Å². The largest absolute Gasteiger partial charge is 0.394 e. The van der Waals surface area contributed by atoms with Crippen molar-refractivity contribution in [1.82, 2.24) is 0 Å². The van der Waals surface area contributed by atoms with Crippen molar-refractivity contribution in [3.05, 3.63) is 25.3 Å². The molecule has 0 amide bonds. The zero-order valence-corrected chi connectivity index (χ0v) is 12.4. The first kappa shape index (κ1) is 25.3. The first-order chi connectivity index (χ1) is 7.87. The molecule has 0 saturated carbocycles. The number of aliphatic hydroxyl groups excluding tert-OH is 2. The molecule has 0 atom stereocenters. The summed E-state index contributed by atoms with van der Waals surface area (Å²) < 4.78 is 5.25. The molecule has 0 fully saturated rings. The van der Waals surface area contributed by atoms with Crippen molar-refractivity contribution in [3.63, 3.8) is 0 Å². The molecular weight excluding hydrogens is 216 g/mol. The van der Waals surface area contributed by atoms with Crippen molar-refractivity contribution >= 4 is 0 Å². The lowest BCUT2D eigenvalue weighted by Gasteiger charge is -2.09. The molecule has 0 saturated heterocycles. The van der Waals surface area contributed by atoms with Crippen molar-refractivity contribution in [3.8, 4) is 0 Å². The number of hydrogen-bond donors (Lipinski definition) is 2. The highest BCUT2D eigenvalue weighted by atomic mass is 16.5. The summed E-state index contributed by atoms with van der Waals surface area (Å²) in [4.78, 5) is 0. The zero-order chi connectivity index (χ0) is 14.7. The van der Waals surface area contributed by atoms with Crippen molar-refractivity contribution in [2.24, 2.45) is 0 Å². The zero-order valence-electron chi connectivity index (χ0n) is 12.4. The molecule has 0 bridgehead atoms. The second-order valence-corrected chi connectivity index (χ2v) is 3.50. The summed E-state index contributed by atoms with van der Waals surface area (Å²) in [5, 5.41) is 15.2. The van der Waals surface area contributed by atoms with E-state index in [-0.39, 0.29) is 13.2 Å². The van der Waals surface area contributed by atoms with Gasteiger partial charge in [-0.1, -0.05) is 12.2 Å². The van der Waals surface area contributed by atoms with Crippen LogP contribution in [0.1, 0.15) is 41.5 Å². The molecule has 17 heavy (non-hydrogen) atoms. The molecule has 0 aromatic heterocycles. The summed E-state index contributed by atoms with van der Waals surface area (Å²) in [7, 11) is 0. The highest BCUT2D eigenvalue weighted by molar-refractivity contribution is 4.52. The molecule has 0 aliphatic rings. The first-order valence-corrected chi connectivity index (χ1v) is 5.88. The van der Waals surface area contributed by atoms with Crippen molar-refractivity contribution < 1.29 is 14.9 Å². The minimum Gasteiger partial charge on any atom is -0.394 e. The molecular formula is C14H32O3. The third-order valence-electron chi connectivity index (χ3n) is 0.644. The summed E-state index contributed by atoms with van der Waals surface area (Å²) in [5.41, 5.74) is 0. The van der Waals surface area contributed by atoms with E-state index in [1.807, 2.05) is 41.5 Å². The normalized spacial score (nSPS) is 7.88. The standard InChI is InChI=1S/C6H14O.2C3H6.C2H6O2/c1-5(2)7-6(3)4;2*1-3-2;3-1-2-4/h5-6H,1-4H3;2*3H,1H2,2H3;3-4H,1-2H2. The van der Waals surface area contributed by atoms with Crippen LogP contribution in [0.4, 0.5) is 0 Å². The Labute approximate surface area is 108 Å².